The van der Waals surface area contributed by atoms with Crippen molar-refractivity contribution < 1.29 is 9.90 Å². The molecular weight excluding hydrogens is 260 g/mol. The molecule has 0 amide bonds. The second kappa shape index (κ2) is 4.67. The second-order valence-corrected chi connectivity index (χ2v) is 7.52. The van der Waals surface area contributed by atoms with E-state index in [0.29, 0.717) is 23.5 Å². The summed E-state index contributed by atoms with van der Waals surface area (Å²) in [5.41, 5.74) is 3.95. The maximum Gasteiger partial charge on any atom is 0.139 e. The number of aryl methyl sites for hydroxylation is 1. The van der Waals surface area contributed by atoms with Crippen LogP contribution in [0.25, 0.3) is 0 Å². The molecule has 1 aromatic rings. The minimum atomic E-state index is -0.0241. The molecule has 2 nitrogen and oxygen atoms in total. The molecule has 0 heterocycles. The second-order valence-electron chi connectivity index (χ2n) is 7.52. The zero-order chi connectivity index (χ0) is 14.6. The van der Waals surface area contributed by atoms with Crippen molar-refractivity contribution >= 4 is 5.78 Å². The smallest absolute Gasteiger partial charge is 0.139 e. The molecule has 2 heteroatoms. The summed E-state index contributed by atoms with van der Waals surface area (Å²) in [4.78, 5) is 12.3. The first-order valence-corrected chi connectivity index (χ1v) is 8.39. The van der Waals surface area contributed by atoms with Gasteiger partial charge in [-0.3, -0.25) is 4.79 Å². The fourth-order valence-electron chi connectivity index (χ4n) is 5.51. The molecule has 0 bridgehead atoms. The zero-order valence-corrected chi connectivity index (χ0v) is 12.8. The van der Waals surface area contributed by atoms with Crippen molar-refractivity contribution in [2.75, 3.05) is 0 Å². The Morgan fingerprint density at radius 1 is 1.24 bits per heavy atom. The standard InChI is InChI=1S/C19H24O2/c1-19-9-8-15-14-4-2-12(11-20)10-13(14)3-5-16(15)17(19)6-7-18(19)21/h2,4,10,15-17,20H,3,5-9,11H2,1H3/t15-,16+,17+,19+/m1/s1. The number of Topliss-reactive ketones (excluding diaryl/α,β-unsaturated/α-hetero) is 1. The Balaban J connectivity index is 1.70. The van der Waals surface area contributed by atoms with Crippen molar-refractivity contribution in [2.24, 2.45) is 17.3 Å². The molecule has 1 N–H and O–H groups in total. The van der Waals surface area contributed by atoms with Gasteiger partial charge in [-0.25, -0.2) is 0 Å². The van der Waals surface area contributed by atoms with Gasteiger partial charge in [0.1, 0.15) is 5.78 Å². The number of hydrogen-bond donors (Lipinski definition) is 1. The van der Waals surface area contributed by atoms with E-state index in [9.17, 15) is 9.90 Å². The van der Waals surface area contributed by atoms with Gasteiger partial charge in [-0.1, -0.05) is 25.1 Å². The van der Waals surface area contributed by atoms with E-state index in [1.54, 1.807) is 0 Å². The Kier molecular flexibility index (Phi) is 3.01. The minimum Gasteiger partial charge on any atom is -0.392 e. The van der Waals surface area contributed by atoms with Crippen molar-refractivity contribution in [2.45, 2.75) is 58.0 Å². The molecule has 2 saturated carbocycles. The quantitative estimate of drug-likeness (QED) is 0.855. The Bertz CT molecular complexity index is 591. The molecule has 4 rings (SSSR count). The lowest BCUT2D eigenvalue weighted by molar-refractivity contribution is -0.129. The molecular formula is C19H24O2. The number of hydrogen-bond acceptors (Lipinski definition) is 2. The number of aliphatic hydroxyl groups is 1. The fourth-order valence-corrected chi connectivity index (χ4v) is 5.51. The van der Waals surface area contributed by atoms with Gasteiger partial charge in [-0.15, -0.1) is 0 Å². The highest BCUT2D eigenvalue weighted by Crippen LogP contribution is 2.59. The first-order valence-electron chi connectivity index (χ1n) is 8.39. The third-order valence-corrected chi connectivity index (χ3v) is 6.68. The SMILES string of the molecule is C[C@]12CC[C@@H]3c4ccc(CO)cc4CC[C@@H]3[C@@H]1CCC2=O. The number of ketones is 1. The predicted octanol–water partition coefficient (Wildman–Crippen LogP) is 3.60. The lowest BCUT2D eigenvalue weighted by Crippen LogP contribution is -2.42. The average molecular weight is 284 g/mol. The van der Waals surface area contributed by atoms with Crippen LogP contribution in [0.1, 0.15) is 61.6 Å². The van der Waals surface area contributed by atoms with Crippen molar-refractivity contribution in [3.8, 4) is 0 Å². The van der Waals surface area contributed by atoms with Gasteiger partial charge >= 0.3 is 0 Å². The summed E-state index contributed by atoms with van der Waals surface area (Å²) in [6.45, 7) is 2.37. The summed E-state index contributed by atoms with van der Waals surface area (Å²) in [6.07, 6.45) is 6.49. The Hall–Kier alpha value is -1.15. The zero-order valence-electron chi connectivity index (χ0n) is 12.8. The van der Waals surface area contributed by atoms with E-state index < -0.39 is 0 Å². The Morgan fingerprint density at radius 2 is 2.10 bits per heavy atom. The summed E-state index contributed by atoms with van der Waals surface area (Å²) >= 11 is 0. The van der Waals surface area contributed by atoms with Crippen LogP contribution in [-0.2, 0) is 17.8 Å². The number of rotatable bonds is 1. The largest absolute Gasteiger partial charge is 0.392 e. The maximum absolute atomic E-state index is 12.3. The van der Waals surface area contributed by atoms with Crippen LogP contribution in [0.4, 0.5) is 0 Å². The first-order chi connectivity index (χ1) is 10.1. The van der Waals surface area contributed by atoms with Crippen molar-refractivity contribution in [1.29, 1.82) is 0 Å². The van der Waals surface area contributed by atoms with Crippen LogP contribution in [0, 0.1) is 17.3 Å². The highest BCUT2D eigenvalue weighted by Gasteiger charge is 2.54. The normalized spacial score (nSPS) is 37.8. The highest BCUT2D eigenvalue weighted by atomic mass is 16.3. The van der Waals surface area contributed by atoms with Crippen LogP contribution in [-0.4, -0.2) is 10.9 Å². The van der Waals surface area contributed by atoms with Gasteiger partial charge in [0.05, 0.1) is 6.61 Å². The van der Waals surface area contributed by atoms with Crippen LogP contribution in [0.2, 0.25) is 0 Å². The van der Waals surface area contributed by atoms with Gasteiger partial charge in [-0.05, 0) is 66.5 Å². The van der Waals surface area contributed by atoms with E-state index in [1.807, 2.05) is 0 Å². The van der Waals surface area contributed by atoms with E-state index in [0.717, 1.165) is 37.7 Å². The molecule has 3 aliphatic carbocycles. The van der Waals surface area contributed by atoms with Gasteiger partial charge in [0.15, 0.2) is 0 Å². The number of aliphatic hydroxyl groups excluding tert-OH is 1. The van der Waals surface area contributed by atoms with E-state index in [4.69, 9.17) is 0 Å². The topological polar surface area (TPSA) is 37.3 Å². The third kappa shape index (κ3) is 1.85. The molecule has 112 valence electrons. The number of benzene rings is 1. The third-order valence-electron chi connectivity index (χ3n) is 6.68. The fraction of sp³-hybridized carbons (Fsp3) is 0.632. The molecule has 2 fully saturated rings. The van der Waals surface area contributed by atoms with Gasteiger partial charge in [-0.2, -0.15) is 0 Å². The van der Waals surface area contributed by atoms with E-state index in [2.05, 4.69) is 25.1 Å². The van der Waals surface area contributed by atoms with Crippen LogP contribution in [0.15, 0.2) is 18.2 Å². The minimum absolute atomic E-state index is 0.0241. The lowest BCUT2D eigenvalue weighted by atomic mass is 9.55. The molecule has 4 atom stereocenters. The van der Waals surface area contributed by atoms with Crippen LogP contribution < -0.4 is 0 Å². The molecule has 0 saturated heterocycles. The summed E-state index contributed by atoms with van der Waals surface area (Å²) in [6, 6.07) is 6.52. The predicted molar refractivity (Wildman–Crippen MR) is 82.0 cm³/mol. The molecule has 0 aromatic heterocycles. The van der Waals surface area contributed by atoms with Crippen LogP contribution >= 0.6 is 0 Å². The van der Waals surface area contributed by atoms with Gasteiger partial charge in [0, 0.05) is 11.8 Å². The number of carbonyl (C=O) groups excluding carboxylic acids is 1. The summed E-state index contributed by atoms with van der Waals surface area (Å²) in [5.74, 6) is 2.47. The molecule has 0 spiro atoms. The van der Waals surface area contributed by atoms with Gasteiger partial charge in [0.2, 0.25) is 0 Å². The molecule has 3 aliphatic rings. The molecule has 21 heavy (non-hydrogen) atoms. The summed E-state index contributed by atoms with van der Waals surface area (Å²) < 4.78 is 0. The molecule has 0 unspecified atom stereocenters. The highest BCUT2D eigenvalue weighted by molar-refractivity contribution is 5.87. The van der Waals surface area contributed by atoms with Crippen molar-refractivity contribution in [3.05, 3.63) is 34.9 Å². The lowest BCUT2D eigenvalue weighted by Gasteiger charge is -2.48. The van der Waals surface area contributed by atoms with E-state index in [-0.39, 0.29) is 12.0 Å². The number of carbonyl (C=O) groups is 1. The van der Waals surface area contributed by atoms with Gasteiger partial charge < -0.3 is 5.11 Å². The van der Waals surface area contributed by atoms with Crippen LogP contribution in [0.3, 0.4) is 0 Å². The monoisotopic (exact) mass is 284 g/mol. The molecule has 0 aliphatic heterocycles. The molecule has 1 aromatic carbocycles. The van der Waals surface area contributed by atoms with Crippen LogP contribution in [0.5, 0.6) is 0 Å². The van der Waals surface area contributed by atoms with Gasteiger partial charge in [0.25, 0.3) is 0 Å². The summed E-state index contributed by atoms with van der Waals surface area (Å²) in [7, 11) is 0. The van der Waals surface area contributed by atoms with E-state index >= 15 is 0 Å². The first kappa shape index (κ1) is 13.5. The van der Waals surface area contributed by atoms with E-state index in [1.165, 1.54) is 17.5 Å². The van der Waals surface area contributed by atoms with Crippen molar-refractivity contribution in [1.82, 2.24) is 0 Å². The Labute approximate surface area is 126 Å². The molecule has 0 radical (unpaired) electrons. The maximum atomic E-state index is 12.3. The number of fused-ring (bicyclic) bond motifs is 5. The Morgan fingerprint density at radius 3 is 2.90 bits per heavy atom. The summed E-state index contributed by atoms with van der Waals surface area (Å²) in [5, 5.41) is 9.32. The van der Waals surface area contributed by atoms with Crippen molar-refractivity contribution in [3.63, 3.8) is 0 Å². The average Bonchev–Trinajstić information content (AvgIpc) is 2.82.